The number of hydrogen-bond acceptors (Lipinski definition) is 7. The molecule has 2 heterocycles. The number of para-hydroxylation sites is 1. The monoisotopic (exact) mass is 692 g/mol. The van der Waals surface area contributed by atoms with Crippen molar-refractivity contribution in [1.29, 1.82) is 0 Å². The second kappa shape index (κ2) is 20.2. The Morgan fingerprint density at radius 2 is 1.14 bits per heavy atom. The zero-order valence-corrected chi connectivity index (χ0v) is 29.4. The maximum Gasteiger partial charge on any atom is 0.186 e. The summed E-state index contributed by atoms with van der Waals surface area (Å²) in [6, 6.07) is 38.9. The number of unbranched alkanes of at least 4 members (excludes halogenated alkanes) is 3. The van der Waals surface area contributed by atoms with Crippen LogP contribution < -0.4 is 5.73 Å². The Kier molecular flexibility index (Phi) is 14.7. The van der Waals surface area contributed by atoms with Crippen molar-refractivity contribution in [2.24, 2.45) is 5.73 Å². The predicted octanol–water partition coefficient (Wildman–Crippen LogP) is 7.74. The summed E-state index contributed by atoms with van der Waals surface area (Å²) in [5, 5.41) is 1.19. The largest absolute Gasteiger partial charge is 0.379 e. The van der Waals surface area contributed by atoms with E-state index >= 15 is 0 Å². The molecular formula is C43H52N2O6. The number of H-pyrrole nitrogens is 1. The number of fused-ring (bicyclic) bond motifs is 1. The van der Waals surface area contributed by atoms with Crippen molar-refractivity contribution in [2.75, 3.05) is 26.4 Å². The van der Waals surface area contributed by atoms with Crippen molar-refractivity contribution in [3.8, 4) is 0 Å². The minimum atomic E-state index is -0.713. The third-order valence-corrected chi connectivity index (χ3v) is 9.30. The lowest BCUT2D eigenvalue weighted by Crippen LogP contribution is -2.61. The summed E-state index contributed by atoms with van der Waals surface area (Å²) >= 11 is 0. The Balaban J connectivity index is 1.25. The summed E-state index contributed by atoms with van der Waals surface area (Å²) in [4.78, 5) is 3.38. The highest BCUT2D eigenvalue weighted by molar-refractivity contribution is 5.83. The van der Waals surface area contributed by atoms with Crippen LogP contribution in [-0.2, 0) is 54.7 Å². The Labute approximate surface area is 302 Å². The number of benzene rings is 4. The predicted molar refractivity (Wildman–Crippen MR) is 200 cm³/mol. The van der Waals surface area contributed by atoms with Gasteiger partial charge in [0.25, 0.3) is 0 Å². The van der Waals surface area contributed by atoms with E-state index in [0.717, 1.165) is 54.4 Å². The standard InChI is InChI=1S/C43H52N2O6/c44-25-14-1-2-15-26-46-32-39-40(48-29-33-16-6-3-7-17-33)41(49-30-34-18-8-4-9-19-34)42(50-31-35-20-10-5-11-21-35)43(51-39)47-27-24-36-28-45-38-23-13-12-22-37(36)38/h3-13,16-23,28,39-43,45H,1-2,14-15,24-27,29-32,44H2/t39-,40-,41+,42-,43+/m1/s1. The van der Waals surface area contributed by atoms with Gasteiger partial charge in [-0.25, -0.2) is 0 Å². The van der Waals surface area contributed by atoms with E-state index in [0.29, 0.717) is 46.1 Å². The third-order valence-electron chi connectivity index (χ3n) is 9.30. The Hall–Kier alpha value is -3.86. The molecule has 4 aromatic carbocycles. The van der Waals surface area contributed by atoms with E-state index in [1.807, 2.05) is 60.7 Å². The lowest BCUT2D eigenvalue weighted by atomic mass is 9.97. The molecule has 0 spiro atoms. The first-order valence-corrected chi connectivity index (χ1v) is 18.3. The molecule has 0 saturated carbocycles. The minimum Gasteiger partial charge on any atom is -0.379 e. The number of ether oxygens (including phenoxy) is 6. The first-order valence-electron chi connectivity index (χ1n) is 18.3. The molecule has 1 saturated heterocycles. The molecule has 0 aliphatic carbocycles. The molecule has 8 heteroatoms. The van der Waals surface area contributed by atoms with Crippen LogP contribution in [0.3, 0.4) is 0 Å². The summed E-state index contributed by atoms with van der Waals surface area (Å²) in [5.41, 5.74) is 11.2. The average Bonchev–Trinajstić information content (AvgIpc) is 3.60. The van der Waals surface area contributed by atoms with Crippen molar-refractivity contribution in [3.05, 3.63) is 144 Å². The average molecular weight is 693 g/mol. The van der Waals surface area contributed by atoms with Gasteiger partial charge in [-0.15, -0.1) is 0 Å². The summed E-state index contributed by atoms with van der Waals surface area (Å²) < 4.78 is 40.1. The van der Waals surface area contributed by atoms with Gasteiger partial charge >= 0.3 is 0 Å². The van der Waals surface area contributed by atoms with Crippen molar-refractivity contribution in [2.45, 2.75) is 82.6 Å². The molecule has 0 radical (unpaired) electrons. The Morgan fingerprint density at radius 1 is 0.569 bits per heavy atom. The van der Waals surface area contributed by atoms with Crippen LogP contribution in [0.25, 0.3) is 10.9 Å². The molecule has 5 atom stereocenters. The van der Waals surface area contributed by atoms with Crippen molar-refractivity contribution < 1.29 is 28.4 Å². The number of rotatable bonds is 21. The van der Waals surface area contributed by atoms with Crippen LogP contribution in [0.2, 0.25) is 0 Å². The van der Waals surface area contributed by atoms with Crippen LogP contribution >= 0.6 is 0 Å². The molecule has 51 heavy (non-hydrogen) atoms. The lowest BCUT2D eigenvalue weighted by Gasteiger charge is -2.46. The lowest BCUT2D eigenvalue weighted by molar-refractivity contribution is -0.328. The van der Waals surface area contributed by atoms with Crippen LogP contribution in [0.4, 0.5) is 0 Å². The van der Waals surface area contributed by atoms with E-state index < -0.39 is 30.7 Å². The van der Waals surface area contributed by atoms with E-state index in [1.54, 1.807) is 0 Å². The molecule has 3 N–H and O–H groups in total. The van der Waals surface area contributed by atoms with Crippen LogP contribution in [-0.4, -0.2) is 62.1 Å². The fourth-order valence-electron chi connectivity index (χ4n) is 6.54. The summed E-state index contributed by atoms with van der Waals surface area (Å²) in [6.45, 7) is 3.29. The number of nitrogens with two attached hydrogens (primary N) is 1. The summed E-state index contributed by atoms with van der Waals surface area (Å²) in [5.74, 6) is 0. The van der Waals surface area contributed by atoms with Gasteiger partial charge in [-0.2, -0.15) is 0 Å². The Morgan fingerprint density at radius 3 is 1.78 bits per heavy atom. The molecule has 5 aromatic rings. The Bertz CT molecular complexity index is 1670. The van der Waals surface area contributed by atoms with Gasteiger partial charge in [0.2, 0.25) is 0 Å². The maximum atomic E-state index is 6.83. The maximum absolute atomic E-state index is 6.83. The smallest absolute Gasteiger partial charge is 0.186 e. The minimum absolute atomic E-state index is 0.343. The van der Waals surface area contributed by atoms with Crippen molar-refractivity contribution in [1.82, 2.24) is 4.98 Å². The molecule has 1 aromatic heterocycles. The van der Waals surface area contributed by atoms with Gasteiger partial charge in [-0.05, 0) is 54.1 Å². The molecule has 1 aliphatic rings. The zero-order chi connectivity index (χ0) is 34.9. The first-order chi connectivity index (χ1) is 25.3. The van der Waals surface area contributed by atoms with Crippen LogP contribution in [0, 0.1) is 0 Å². The number of aromatic amines is 1. The second-order valence-corrected chi connectivity index (χ2v) is 13.1. The fourth-order valence-corrected chi connectivity index (χ4v) is 6.54. The fraction of sp³-hybridized carbons (Fsp3) is 0.395. The van der Waals surface area contributed by atoms with Gasteiger partial charge in [0.1, 0.15) is 24.4 Å². The van der Waals surface area contributed by atoms with Gasteiger partial charge in [0.05, 0.1) is 33.0 Å². The van der Waals surface area contributed by atoms with Crippen LogP contribution in [0.1, 0.15) is 47.9 Å². The molecule has 0 unspecified atom stereocenters. The number of aromatic nitrogens is 1. The van der Waals surface area contributed by atoms with Gasteiger partial charge < -0.3 is 39.1 Å². The molecule has 1 fully saturated rings. The van der Waals surface area contributed by atoms with E-state index in [9.17, 15) is 0 Å². The highest BCUT2D eigenvalue weighted by Crippen LogP contribution is 2.32. The normalized spacial score (nSPS) is 20.5. The van der Waals surface area contributed by atoms with E-state index in [-0.39, 0.29) is 0 Å². The third kappa shape index (κ3) is 11.1. The van der Waals surface area contributed by atoms with E-state index in [4.69, 9.17) is 34.2 Å². The SMILES string of the molecule is NCCCCCCOC[C@H]1O[C@H](OCCc2c[nH]c3ccccc23)[C@H](OCc2ccccc2)[C@@H](OCc2ccccc2)[C@@H]1OCc1ccccc1. The zero-order valence-electron chi connectivity index (χ0n) is 29.4. The van der Waals surface area contributed by atoms with Gasteiger partial charge in [-0.1, -0.05) is 122 Å². The molecule has 8 nitrogen and oxygen atoms in total. The number of nitrogens with one attached hydrogen (secondary N) is 1. The quantitative estimate of drug-likeness (QED) is 0.0760. The topological polar surface area (TPSA) is 97.2 Å². The van der Waals surface area contributed by atoms with Gasteiger partial charge in [-0.3, -0.25) is 0 Å². The van der Waals surface area contributed by atoms with Gasteiger partial charge in [0, 0.05) is 23.7 Å². The number of hydrogen-bond donors (Lipinski definition) is 2. The first kappa shape index (κ1) is 36.9. The summed E-state index contributed by atoms with van der Waals surface area (Å²) in [6.07, 6.45) is 4.20. The van der Waals surface area contributed by atoms with Gasteiger partial charge in [0.15, 0.2) is 6.29 Å². The highest BCUT2D eigenvalue weighted by Gasteiger charge is 2.49. The molecule has 0 amide bonds. The van der Waals surface area contributed by atoms with Crippen molar-refractivity contribution in [3.63, 3.8) is 0 Å². The van der Waals surface area contributed by atoms with Crippen molar-refractivity contribution >= 4 is 10.9 Å². The molecule has 270 valence electrons. The molecule has 6 rings (SSSR count). The summed E-state index contributed by atoms with van der Waals surface area (Å²) in [7, 11) is 0. The molecular weight excluding hydrogens is 640 g/mol. The second-order valence-electron chi connectivity index (χ2n) is 13.1. The van der Waals surface area contributed by atoms with Crippen LogP contribution in [0.15, 0.2) is 121 Å². The molecule has 1 aliphatic heterocycles. The van der Waals surface area contributed by atoms with Crippen LogP contribution in [0.5, 0.6) is 0 Å². The van der Waals surface area contributed by atoms with E-state index in [2.05, 4.69) is 65.8 Å². The van der Waals surface area contributed by atoms with E-state index in [1.165, 1.54) is 10.9 Å². The molecule has 0 bridgehead atoms. The highest BCUT2D eigenvalue weighted by atomic mass is 16.7.